The van der Waals surface area contributed by atoms with E-state index in [1.54, 1.807) is 35.2 Å². The van der Waals surface area contributed by atoms with Crippen molar-refractivity contribution in [3.63, 3.8) is 0 Å². The Morgan fingerprint density at radius 3 is 2.73 bits per heavy atom. The normalized spacial score (nSPS) is 27.2. The molecule has 48 heavy (non-hydrogen) atoms. The van der Waals surface area contributed by atoms with E-state index in [-0.39, 0.29) is 37.6 Å². The van der Waals surface area contributed by atoms with Crippen LogP contribution in [0.15, 0.2) is 54.9 Å². The molecule has 254 valence electrons. The second-order valence-corrected chi connectivity index (χ2v) is 15.1. The number of hydrogen-bond acceptors (Lipinski definition) is 9. The van der Waals surface area contributed by atoms with Crippen LogP contribution < -0.4 is 19.5 Å². The number of rotatable bonds is 7. The zero-order valence-electron chi connectivity index (χ0n) is 26.8. The van der Waals surface area contributed by atoms with Crippen molar-refractivity contribution < 1.29 is 32.3 Å². The monoisotopic (exact) mass is 676 g/mol. The molecule has 0 bridgehead atoms. The summed E-state index contributed by atoms with van der Waals surface area (Å²) in [5.41, 5.74) is -1.40. The highest BCUT2D eigenvalue weighted by atomic mass is 32.2. The molecule has 1 saturated heterocycles. The van der Waals surface area contributed by atoms with Gasteiger partial charge >= 0.3 is 0 Å². The SMILES string of the molecule is COc1ccc2c(O[C@@H]3C[C@H]4C(=O)N[C@]5(C(=O)NS(=O)(=O)C6CC6)C[C@H]5/C=C\CCCCCCC(=O)N4C3)nc(-n3cccn3)cc2c1. The van der Waals surface area contributed by atoms with Gasteiger partial charge in [0.1, 0.15) is 23.4 Å². The Morgan fingerprint density at radius 1 is 1.12 bits per heavy atom. The fourth-order valence-corrected chi connectivity index (χ4v) is 8.12. The Hall–Kier alpha value is -4.46. The number of ether oxygens (including phenoxy) is 2. The zero-order chi connectivity index (χ0) is 33.5. The lowest BCUT2D eigenvalue weighted by molar-refractivity contribution is -0.139. The number of carbonyl (C=O) groups excluding carboxylic acids is 3. The van der Waals surface area contributed by atoms with Crippen molar-refractivity contribution in [2.45, 2.75) is 87.1 Å². The fourth-order valence-electron chi connectivity index (χ4n) is 6.76. The number of benzene rings is 1. The van der Waals surface area contributed by atoms with Crippen LogP contribution in [0.3, 0.4) is 0 Å². The van der Waals surface area contributed by atoms with Crippen LogP contribution in [0.2, 0.25) is 0 Å². The molecule has 3 aromatic rings. The summed E-state index contributed by atoms with van der Waals surface area (Å²) in [5, 5.41) is 8.18. The summed E-state index contributed by atoms with van der Waals surface area (Å²) in [7, 11) is -2.23. The van der Waals surface area contributed by atoms with Gasteiger partial charge in [-0.15, -0.1) is 0 Å². The topological polar surface area (TPSA) is 162 Å². The van der Waals surface area contributed by atoms with Crippen LogP contribution in [-0.2, 0) is 24.4 Å². The first kappa shape index (κ1) is 32.1. The van der Waals surface area contributed by atoms with Gasteiger partial charge < -0.3 is 19.7 Å². The number of methoxy groups -OCH3 is 1. The van der Waals surface area contributed by atoms with Crippen LogP contribution in [-0.4, -0.2) is 82.4 Å². The molecule has 4 heterocycles. The Kier molecular flexibility index (Phi) is 8.60. The van der Waals surface area contributed by atoms with Gasteiger partial charge in [-0.05, 0) is 74.2 Å². The van der Waals surface area contributed by atoms with Crippen molar-refractivity contribution in [2.75, 3.05) is 13.7 Å². The zero-order valence-corrected chi connectivity index (χ0v) is 27.7. The quantitative estimate of drug-likeness (QED) is 0.358. The van der Waals surface area contributed by atoms with E-state index in [0.717, 1.165) is 36.5 Å². The van der Waals surface area contributed by atoms with Crippen molar-refractivity contribution in [1.29, 1.82) is 0 Å². The van der Waals surface area contributed by atoms with Crippen LogP contribution in [0.4, 0.5) is 0 Å². The first-order valence-electron chi connectivity index (χ1n) is 16.7. The van der Waals surface area contributed by atoms with E-state index < -0.39 is 44.8 Å². The Morgan fingerprint density at radius 2 is 1.96 bits per heavy atom. The summed E-state index contributed by atoms with van der Waals surface area (Å²) in [6.07, 6.45) is 12.8. The highest BCUT2D eigenvalue weighted by Gasteiger charge is 2.62. The summed E-state index contributed by atoms with van der Waals surface area (Å²) < 4.78 is 41.2. The number of aromatic nitrogens is 3. The minimum absolute atomic E-state index is 0.154. The van der Waals surface area contributed by atoms with Crippen molar-refractivity contribution in [1.82, 2.24) is 29.7 Å². The van der Waals surface area contributed by atoms with Crippen LogP contribution in [0.25, 0.3) is 16.6 Å². The van der Waals surface area contributed by atoms with Crippen LogP contribution in [0, 0.1) is 5.92 Å². The molecule has 1 aromatic carbocycles. The smallest absolute Gasteiger partial charge is 0.259 e. The first-order chi connectivity index (χ1) is 23.2. The molecular weight excluding hydrogens is 636 g/mol. The highest BCUT2D eigenvalue weighted by Crippen LogP contribution is 2.46. The Balaban J connectivity index is 1.17. The molecule has 2 saturated carbocycles. The lowest BCUT2D eigenvalue weighted by Crippen LogP contribution is -2.56. The average molecular weight is 677 g/mol. The van der Waals surface area contributed by atoms with Gasteiger partial charge in [0.2, 0.25) is 27.7 Å². The molecule has 13 nitrogen and oxygen atoms in total. The van der Waals surface area contributed by atoms with Gasteiger partial charge in [-0.1, -0.05) is 25.0 Å². The molecule has 4 aliphatic rings. The van der Waals surface area contributed by atoms with Crippen molar-refractivity contribution in [3.8, 4) is 17.4 Å². The van der Waals surface area contributed by atoms with Crippen molar-refractivity contribution in [3.05, 3.63) is 54.9 Å². The van der Waals surface area contributed by atoms with Gasteiger partial charge in [-0.2, -0.15) is 10.1 Å². The van der Waals surface area contributed by atoms with Crippen LogP contribution in [0.5, 0.6) is 11.6 Å². The number of carbonyl (C=O) groups is 3. The predicted molar refractivity (Wildman–Crippen MR) is 176 cm³/mol. The number of allylic oxidation sites excluding steroid dienone is 1. The molecule has 2 aliphatic carbocycles. The number of amides is 3. The molecule has 0 unspecified atom stereocenters. The van der Waals surface area contributed by atoms with Crippen molar-refractivity contribution in [2.24, 2.45) is 5.92 Å². The molecule has 2 N–H and O–H groups in total. The molecule has 14 heteroatoms. The van der Waals surface area contributed by atoms with E-state index in [2.05, 4.69) is 15.1 Å². The standard InChI is InChI=1S/C34H40N6O7S/c1-46-24-11-14-27-22(17-24)18-29(40-16-8-15-35-40)36-32(27)47-25-19-28-31(42)37-34(33(43)38-48(44,45)26-12-13-26)20-23(34)9-6-4-2-3-5-7-10-30(41)39(28)21-25/h6,8-9,11,14-18,23,25-26,28H,2-5,7,10,12-13,19-21H2,1H3,(H,37,42)(H,38,43)/b9-6-/t23-,25-,28+,34-/m1/s1. The second-order valence-electron chi connectivity index (χ2n) is 13.2. The Labute approximate surface area is 279 Å². The lowest BCUT2D eigenvalue weighted by atomic mass is 10.1. The van der Waals surface area contributed by atoms with Gasteiger partial charge in [0.25, 0.3) is 5.91 Å². The number of nitrogens with one attached hydrogen (secondary N) is 2. The third kappa shape index (κ3) is 6.49. The predicted octanol–water partition coefficient (Wildman–Crippen LogP) is 3.17. The summed E-state index contributed by atoms with van der Waals surface area (Å²) >= 11 is 0. The summed E-state index contributed by atoms with van der Waals surface area (Å²) in [4.78, 5) is 47.5. The molecule has 7 rings (SSSR count). The summed E-state index contributed by atoms with van der Waals surface area (Å²) in [6, 6.07) is 8.30. The molecule has 3 amide bonds. The highest BCUT2D eigenvalue weighted by molar-refractivity contribution is 7.91. The maximum Gasteiger partial charge on any atom is 0.259 e. The lowest BCUT2D eigenvalue weighted by Gasteiger charge is -2.26. The fraction of sp³-hybridized carbons (Fsp3) is 0.500. The number of pyridine rings is 1. The molecule has 0 spiro atoms. The first-order valence-corrected chi connectivity index (χ1v) is 18.2. The van der Waals surface area contributed by atoms with E-state index in [0.29, 0.717) is 36.7 Å². The minimum atomic E-state index is -3.82. The average Bonchev–Trinajstić information content (AvgIpc) is 3.93. The maximum atomic E-state index is 14.1. The van der Waals surface area contributed by atoms with Gasteiger partial charge in [0.15, 0.2) is 5.82 Å². The van der Waals surface area contributed by atoms with E-state index in [1.807, 2.05) is 36.4 Å². The van der Waals surface area contributed by atoms with Gasteiger partial charge in [-0.25, -0.2) is 13.1 Å². The molecule has 2 aliphatic heterocycles. The third-order valence-electron chi connectivity index (χ3n) is 9.74. The molecule has 2 aromatic heterocycles. The molecule has 4 atom stereocenters. The molecule has 3 fully saturated rings. The van der Waals surface area contributed by atoms with E-state index >= 15 is 0 Å². The van der Waals surface area contributed by atoms with Crippen LogP contribution >= 0.6 is 0 Å². The number of sulfonamides is 1. The summed E-state index contributed by atoms with van der Waals surface area (Å²) in [5.74, 6) is -0.232. The van der Waals surface area contributed by atoms with E-state index in [1.165, 1.54) is 0 Å². The number of fused-ring (bicyclic) bond motifs is 3. The third-order valence-corrected chi connectivity index (χ3v) is 11.6. The minimum Gasteiger partial charge on any atom is -0.497 e. The van der Waals surface area contributed by atoms with Crippen LogP contribution in [0.1, 0.15) is 64.2 Å². The van der Waals surface area contributed by atoms with E-state index in [9.17, 15) is 22.8 Å². The second kappa shape index (κ2) is 12.9. The number of nitrogens with zero attached hydrogens (tertiary/aromatic N) is 4. The van der Waals surface area contributed by atoms with Gasteiger partial charge in [0.05, 0.1) is 18.9 Å². The maximum absolute atomic E-state index is 14.1. The van der Waals surface area contributed by atoms with Gasteiger partial charge in [-0.3, -0.25) is 19.1 Å². The molecular formula is C34H40N6O7S. The van der Waals surface area contributed by atoms with Gasteiger partial charge in [0, 0.05) is 36.5 Å². The number of hydrogen-bond donors (Lipinski definition) is 2. The van der Waals surface area contributed by atoms with Crippen molar-refractivity contribution >= 4 is 38.5 Å². The largest absolute Gasteiger partial charge is 0.497 e. The molecule has 0 radical (unpaired) electrons. The van der Waals surface area contributed by atoms with E-state index in [4.69, 9.17) is 14.5 Å². The summed E-state index contributed by atoms with van der Waals surface area (Å²) in [6.45, 7) is 0.154. The Bertz CT molecular complexity index is 1860.